The zero-order valence-electron chi connectivity index (χ0n) is 10.2. The minimum absolute atomic E-state index is 0.300. The van der Waals surface area contributed by atoms with Crippen LogP contribution in [-0.4, -0.2) is 73.9 Å². The summed E-state index contributed by atoms with van der Waals surface area (Å²) in [5, 5.41) is 12.3. The molecule has 2 aliphatic heterocycles. The molecule has 0 unspecified atom stereocenters. The van der Waals surface area contributed by atoms with E-state index >= 15 is 0 Å². The predicted molar refractivity (Wildman–Crippen MR) is 65.6 cm³/mol. The van der Waals surface area contributed by atoms with E-state index in [2.05, 4.69) is 15.1 Å². The van der Waals surface area contributed by atoms with E-state index < -0.39 is 0 Å². The van der Waals surface area contributed by atoms with Crippen molar-refractivity contribution in [2.24, 2.45) is 5.92 Å². The first-order valence-corrected chi connectivity index (χ1v) is 6.65. The second-order valence-corrected chi connectivity index (χ2v) is 5.06. The summed E-state index contributed by atoms with van der Waals surface area (Å²) in [7, 11) is 0. The average molecular weight is 227 g/mol. The molecule has 4 nitrogen and oxygen atoms in total. The topological polar surface area (TPSA) is 38.7 Å². The molecule has 16 heavy (non-hydrogen) atoms. The molecule has 0 amide bonds. The van der Waals surface area contributed by atoms with Gasteiger partial charge in [0.05, 0.1) is 6.61 Å². The van der Waals surface area contributed by atoms with Crippen LogP contribution in [0.25, 0.3) is 0 Å². The van der Waals surface area contributed by atoms with Gasteiger partial charge in [-0.1, -0.05) is 0 Å². The summed E-state index contributed by atoms with van der Waals surface area (Å²) in [5.41, 5.74) is 0. The lowest BCUT2D eigenvalue weighted by atomic mass is 9.97. The van der Waals surface area contributed by atoms with Gasteiger partial charge in [0.1, 0.15) is 0 Å². The molecule has 0 radical (unpaired) electrons. The van der Waals surface area contributed by atoms with Gasteiger partial charge in [0.25, 0.3) is 0 Å². The lowest BCUT2D eigenvalue weighted by molar-refractivity contribution is 0.0968. The van der Waals surface area contributed by atoms with Crippen molar-refractivity contribution in [1.29, 1.82) is 0 Å². The van der Waals surface area contributed by atoms with Gasteiger partial charge in [0, 0.05) is 39.3 Å². The predicted octanol–water partition coefficient (Wildman–Crippen LogP) is -0.404. The van der Waals surface area contributed by atoms with Gasteiger partial charge in [-0.25, -0.2) is 0 Å². The SMILES string of the molecule is OCCN1CCN(CC2CCNCC2)CC1. The second-order valence-electron chi connectivity index (χ2n) is 5.06. The first-order chi connectivity index (χ1) is 7.88. The third-order valence-corrected chi connectivity index (χ3v) is 3.86. The maximum atomic E-state index is 8.88. The molecule has 0 aromatic rings. The number of piperidine rings is 1. The van der Waals surface area contributed by atoms with Gasteiger partial charge in [-0.2, -0.15) is 0 Å². The van der Waals surface area contributed by atoms with E-state index in [0.717, 1.165) is 25.6 Å². The van der Waals surface area contributed by atoms with Crippen LogP contribution in [0.15, 0.2) is 0 Å². The first-order valence-electron chi connectivity index (χ1n) is 6.65. The molecule has 0 aliphatic carbocycles. The van der Waals surface area contributed by atoms with Crippen molar-refractivity contribution in [2.75, 3.05) is 59.0 Å². The van der Waals surface area contributed by atoms with Crippen molar-refractivity contribution in [2.45, 2.75) is 12.8 Å². The fourth-order valence-electron chi connectivity index (χ4n) is 2.77. The Kier molecular flexibility index (Phi) is 5.03. The highest BCUT2D eigenvalue weighted by atomic mass is 16.3. The monoisotopic (exact) mass is 227 g/mol. The van der Waals surface area contributed by atoms with E-state index in [1.165, 1.54) is 45.6 Å². The van der Waals surface area contributed by atoms with Gasteiger partial charge < -0.3 is 15.3 Å². The van der Waals surface area contributed by atoms with Crippen LogP contribution in [0, 0.1) is 5.92 Å². The molecule has 0 bridgehead atoms. The van der Waals surface area contributed by atoms with Crippen molar-refractivity contribution in [3.05, 3.63) is 0 Å². The number of hydrogen-bond acceptors (Lipinski definition) is 4. The number of aliphatic hydroxyl groups is 1. The summed E-state index contributed by atoms with van der Waals surface area (Å²) in [6.07, 6.45) is 2.69. The number of β-amino-alcohol motifs (C(OH)–C–C–N with tert-alkyl or cyclic N) is 1. The number of rotatable bonds is 4. The summed E-state index contributed by atoms with van der Waals surface area (Å²) >= 11 is 0. The van der Waals surface area contributed by atoms with Gasteiger partial charge >= 0.3 is 0 Å². The molecule has 0 spiro atoms. The summed E-state index contributed by atoms with van der Waals surface area (Å²) in [6, 6.07) is 0. The van der Waals surface area contributed by atoms with Crippen LogP contribution in [0.1, 0.15) is 12.8 Å². The number of hydrogen-bond donors (Lipinski definition) is 2. The Morgan fingerprint density at radius 1 is 1.00 bits per heavy atom. The molecule has 0 aromatic heterocycles. The van der Waals surface area contributed by atoms with Gasteiger partial charge in [-0.3, -0.25) is 4.90 Å². The van der Waals surface area contributed by atoms with E-state index in [1.807, 2.05) is 0 Å². The summed E-state index contributed by atoms with van der Waals surface area (Å²) < 4.78 is 0. The van der Waals surface area contributed by atoms with E-state index in [0.29, 0.717) is 6.61 Å². The normalized spacial score (nSPS) is 26.1. The van der Waals surface area contributed by atoms with Crippen LogP contribution in [-0.2, 0) is 0 Å². The third kappa shape index (κ3) is 3.70. The number of piperazine rings is 1. The second kappa shape index (κ2) is 6.55. The molecule has 2 heterocycles. The van der Waals surface area contributed by atoms with Gasteiger partial charge in [0.15, 0.2) is 0 Å². The average Bonchev–Trinajstić information content (AvgIpc) is 2.33. The maximum Gasteiger partial charge on any atom is 0.0558 e. The van der Waals surface area contributed by atoms with E-state index in [9.17, 15) is 0 Å². The summed E-state index contributed by atoms with van der Waals surface area (Å²) in [4.78, 5) is 4.96. The smallest absolute Gasteiger partial charge is 0.0558 e. The minimum Gasteiger partial charge on any atom is -0.395 e. The zero-order valence-corrected chi connectivity index (χ0v) is 10.2. The highest BCUT2D eigenvalue weighted by Gasteiger charge is 2.20. The Hall–Kier alpha value is -0.160. The quantitative estimate of drug-likeness (QED) is 0.685. The van der Waals surface area contributed by atoms with Crippen LogP contribution >= 0.6 is 0 Å². The number of nitrogens with zero attached hydrogens (tertiary/aromatic N) is 2. The molecule has 2 fully saturated rings. The fourth-order valence-corrected chi connectivity index (χ4v) is 2.77. The van der Waals surface area contributed by atoms with Crippen molar-refractivity contribution < 1.29 is 5.11 Å². The Bertz CT molecular complexity index is 187. The lowest BCUT2D eigenvalue weighted by Gasteiger charge is -2.37. The lowest BCUT2D eigenvalue weighted by Crippen LogP contribution is -2.49. The van der Waals surface area contributed by atoms with E-state index in [-0.39, 0.29) is 0 Å². The molecule has 2 saturated heterocycles. The molecule has 2 N–H and O–H groups in total. The van der Waals surface area contributed by atoms with Crippen LogP contribution in [0.3, 0.4) is 0 Å². The van der Waals surface area contributed by atoms with Crippen LogP contribution in [0.2, 0.25) is 0 Å². The van der Waals surface area contributed by atoms with E-state index in [4.69, 9.17) is 5.11 Å². The third-order valence-electron chi connectivity index (χ3n) is 3.86. The molecule has 94 valence electrons. The molecule has 2 rings (SSSR count). The Labute approximate surface area is 98.6 Å². The molecule has 4 heteroatoms. The highest BCUT2D eigenvalue weighted by Crippen LogP contribution is 2.14. The van der Waals surface area contributed by atoms with Crippen molar-refractivity contribution in [3.63, 3.8) is 0 Å². The fraction of sp³-hybridized carbons (Fsp3) is 1.00. The Morgan fingerprint density at radius 3 is 2.25 bits per heavy atom. The number of aliphatic hydroxyl groups excluding tert-OH is 1. The highest BCUT2D eigenvalue weighted by molar-refractivity contribution is 4.77. The zero-order chi connectivity index (χ0) is 11.2. The molecule has 2 aliphatic rings. The van der Waals surface area contributed by atoms with E-state index in [1.54, 1.807) is 0 Å². The van der Waals surface area contributed by atoms with Crippen molar-refractivity contribution >= 4 is 0 Å². The molecular weight excluding hydrogens is 202 g/mol. The van der Waals surface area contributed by atoms with Crippen LogP contribution in [0.5, 0.6) is 0 Å². The van der Waals surface area contributed by atoms with Crippen LogP contribution < -0.4 is 5.32 Å². The van der Waals surface area contributed by atoms with Crippen LogP contribution in [0.4, 0.5) is 0 Å². The van der Waals surface area contributed by atoms with Gasteiger partial charge in [-0.05, 0) is 31.8 Å². The number of nitrogens with one attached hydrogen (secondary N) is 1. The molecule has 0 atom stereocenters. The maximum absolute atomic E-state index is 8.88. The largest absolute Gasteiger partial charge is 0.395 e. The van der Waals surface area contributed by atoms with Crippen molar-refractivity contribution in [1.82, 2.24) is 15.1 Å². The molecule has 0 aromatic carbocycles. The minimum atomic E-state index is 0.300. The standard InChI is InChI=1S/C12H25N3O/c16-10-9-14-5-7-15(8-6-14)11-12-1-3-13-4-2-12/h12-13,16H,1-11H2. The van der Waals surface area contributed by atoms with Crippen molar-refractivity contribution in [3.8, 4) is 0 Å². The van der Waals surface area contributed by atoms with Gasteiger partial charge in [-0.15, -0.1) is 0 Å². The summed E-state index contributed by atoms with van der Waals surface area (Å²) in [5.74, 6) is 0.908. The first kappa shape index (κ1) is 12.3. The Morgan fingerprint density at radius 2 is 1.62 bits per heavy atom. The van der Waals surface area contributed by atoms with Gasteiger partial charge in [0.2, 0.25) is 0 Å². The molecule has 0 saturated carbocycles. The molecular formula is C12H25N3O. The summed E-state index contributed by atoms with van der Waals surface area (Å²) in [6.45, 7) is 9.47. The Balaban J connectivity index is 1.64.